The van der Waals surface area contributed by atoms with Crippen LogP contribution in [0, 0.1) is 5.82 Å². The Labute approximate surface area is 131 Å². The van der Waals surface area contributed by atoms with Crippen molar-refractivity contribution < 1.29 is 9.18 Å². The molecule has 110 valence electrons. The number of halogens is 2. The zero-order valence-corrected chi connectivity index (χ0v) is 13.0. The average molecular weight is 351 g/mol. The van der Waals surface area contributed by atoms with Crippen LogP contribution in [0.1, 0.15) is 17.5 Å². The lowest BCUT2D eigenvalue weighted by Crippen LogP contribution is -2.23. The van der Waals surface area contributed by atoms with E-state index in [0.29, 0.717) is 25.1 Å². The molecule has 0 unspecified atom stereocenters. The van der Waals surface area contributed by atoms with E-state index in [-0.39, 0.29) is 11.7 Å². The summed E-state index contributed by atoms with van der Waals surface area (Å²) in [5.74, 6) is -0.382. The van der Waals surface area contributed by atoms with Crippen LogP contribution in [0.5, 0.6) is 0 Å². The fourth-order valence-corrected chi connectivity index (χ4v) is 2.29. The third-order valence-corrected chi connectivity index (χ3v) is 3.88. The first-order valence-corrected chi connectivity index (χ1v) is 7.39. The van der Waals surface area contributed by atoms with Crippen LogP contribution in [-0.4, -0.2) is 5.91 Å². The number of hydrogen-bond donors (Lipinski definition) is 2. The summed E-state index contributed by atoms with van der Waals surface area (Å²) in [6.45, 7) is 0.304. The number of anilines is 1. The van der Waals surface area contributed by atoms with Crippen LogP contribution in [0.2, 0.25) is 0 Å². The van der Waals surface area contributed by atoms with Gasteiger partial charge in [0, 0.05) is 23.1 Å². The van der Waals surface area contributed by atoms with Crippen molar-refractivity contribution in [3.05, 3.63) is 63.9 Å². The zero-order valence-electron chi connectivity index (χ0n) is 11.4. The van der Waals surface area contributed by atoms with Gasteiger partial charge in [-0.15, -0.1) is 0 Å². The van der Waals surface area contributed by atoms with Gasteiger partial charge in [-0.1, -0.05) is 28.1 Å². The van der Waals surface area contributed by atoms with Crippen molar-refractivity contribution in [3.63, 3.8) is 0 Å². The summed E-state index contributed by atoms with van der Waals surface area (Å²) >= 11 is 3.33. The summed E-state index contributed by atoms with van der Waals surface area (Å²) in [5, 5.41) is 2.79. The van der Waals surface area contributed by atoms with Crippen LogP contribution < -0.4 is 11.1 Å². The molecule has 3 nitrogen and oxygen atoms in total. The highest BCUT2D eigenvalue weighted by molar-refractivity contribution is 9.10. The SMILES string of the molecule is Nc1ccc(CCC(=O)NCc2cc(F)ccc2Br)cc1. The van der Waals surface area contributed by atoms with E-state index < -0.39 is 0 Å². The fraction of sp³-hybridized carbons (Fsp3) is 0.188. The van der Waals surface area contributed by atoms with E-state index in [2.05, 4.69) is 21.2 Å². The number of carbonyl (C=O) groups is 1. The van der Waals surface area contributed by atoms with Crippen molar-refractivity contribution in [2.75, 3.05) is 5.73 Å². The zero-order chi connectivity index (χ0) is 15.2. The Balaban J connectivity index is 1.82. The lowest BCUT2D eigenvalue weighted by molar-refractivity contribution is -0.121. The third kappa shape index (κ3) is 4.86. The van der Waals surface area contributed by atoms with Crippen LogP contribution in [0.3, 0.4) is 0 Å². The number of carbonyl (C=O) groups excluding carboxylic acids is 1. The first-order valence-electron chi connectivity index (χ1n) is 6.59. The molecule has 2 rings (SSSR count). The predicted molar refractivity (Wildman–Crippen MR) is 85.1 cm³/mol. The second-order valence-electron chi connectivity index (χ2n) is 4.75. The van der Waals surface area contributed by atoms with Crippen molar-refractivity contribution in [2.24, 2.45) is 0 Å². The number of nitrogen functional groups attached to an aromatic ring is 1. The molecule has 0 saturated heterocycles. The number of rotatable bonds is 5. The lowest BCUT2D eigenvalue weighted by atomic mass is 10.1. The molecule has 0 aliphatic carbocycles. The summed E-state index contributed by atoms with van der Waals surface area (Å²) in [6.07, 6.45) is 1.04. The van der Waals surface area contributed by atoms with E-state index >= 15 is 0 Å². The van der Waals surface area contributed by atoms with Gasteiger partial charge in [-0.05, 0) is 47.9 Å². The maximum Gasteiger partial charge on any atom is 0.220 e. The molecular formula is C16H16BrFN2O. The van der Waals surface area contributed by atoms with E-state index in [9.17, 15) is 9.18 Å². The molecule has 5 heteroatoms. The minimum atomic E-state index is -0.315. The molecule has 1 amide bonds. The summed E-state index contributed by atoms with van der Waals surface area (Å²) in [5.41, 5.74) is 8.09. The Hall–Kier alpha value is -1.88. The fourth-order valence-electron chi connectivity index (χ4n) is 1.90. The molecule has 2 aromatic rings. The molecule has 0 saturated carbocycles. The van der Waals surface area contributed by atoms with Crippen LogP contribution in [0.25, 0.3) is 0 Å². The second-order valence-corrected chi connectivity index (χ2v) is 5.61. The quantitative estimate of drug-likeness (QED) is 0.811. The number of nitrogens with two attached hydrogens (primary N) is 1. The third-order valence-electron chi connectivity index (χ3n) is 3.10. The molecule has 0 aliphatic heterocycles. The number of aryl methyl sites for hydroxylation is 1. The summed E-state index contributed by atoms with van der Waals surface area (Å²) in [6, 6.07) is 11.9. The Kier molecular flexibility index (Phi) is 5.33. The number of hydrogen-bond acceptors (Lipinski definition) is 2. The molecule has 0 bridgehead atoms. The van der Waals surface area contributed by atoms with Crippen LogP contribution in [0.4, 0.5) is 10.1 Å². The van der Waals surface area contributed by atoms with Crippen LogP contribution >= 0.6 is 15.9 Å². The largest absolute Gasteiger partial charge is 0.399 e. The topological polar surface area (TPSA) is 55.1 Å². The molecule has 0 heterocycles. The van der Waals surface area contributed by atoms with Gasteiger partial charge in [0.25, 0.3) is 0 Å². The first-order chi connectivity index (χ1) is 10.0. The average Bonchev–Trinajstić information content (AvgIpc) is 2.47. The molecule has 0 radical (unpaired) electrons. The standard InChI is InChI=1S/C16H16BrFN2O/c17-15-7-4-13(18)9-12(15)10-20-16(21)8-3-11-1-5-14(19)6-2-11/h1-2,4-7,9H,3,8,10,19H2,(H,20,21). The van der Waals surface area contributed by atoms with Gasteiger partial charge in [0.15, 0.2) is 0 Å². The van der Waals surface area contributed by atoms with E-state index in [0.717, 1.165) is 15.6 Å². The highest BCUT2D eigenvalue weighted by atomic mass is 79.9. The predicted octanol–water partition coefficient (Wildman–Crippen LogP) is 3.42. The number of nitrogens with one attached hydrogen (secondary N) is 1. The molecule has 0 aromatic heterocycles. The van der Waals surface area contributed by atoms with Crippen molar-refractivity contribution in [3.8, 4) is 0 Å². The summed E-state index contributed by atoms with van der Waals surface area (Å²) in [7, 11) is 0. The normalized spacial score (nSPS) is 10.4. The molecule has 0 aliphatic rings. The maximum absolute atomic E-state index is 13.1. The minimum Gasteiger partial charge on any atom is -0.399 e. The van der Waals surface area contributed by atoms with Crippen molar-refractivity contribution in [2.45, 2.75) is 19.4 Å². The van der Waals surface area contributed by atoms with Gasteiger partial charge in [-0.2, -0.15) is 0 Å². The van der Waals surface area contributed by atoms with E-state index in [1.807, 2.05) is 24.3 Å². The molecule has 21 heavy (non-hydrogen) atoms. The molecule has 0 atom stereocenters. The van der Waals surface area contributed by atoms with E-state index in [1.165, 1.54) is 12.1 Å². The number of amides is 1. The highest BCUT2D eigenvalue weighted by Gasteiger charge is 2.05. The van der Waals surface area contributed by atoms with Gasteiger partial charge in [0.2, 0.25) is 5.91 Å². The smallest absolute Gasteiger partial charge is 0.220 e. The van der Waals surface area contributed by atoms with E-state index in [1.54, 1.807) is 6.07 Å². The van der Waals surface area contributed by atoms with Crippen LogP contribution in [0.15, 0.2) is 46.9 Å². The van der Waals surface area contributed by atoms with Gasteiger partial charge in [-0.25, -0.2) is 4.39 Å². The highest BCUT2D eigenvalue weighted by Crippen LogP contribution is 2.17. The van der Waals surface area contributed by atoms with Crippen molar-refractivity contribution in [1.29, 1.82) is 0 Å². The minimum absolute atomic E-state index is 0.0667. The monoisotopic (exact) mass is 350 g/mol. The van der Waals surface area contributed by atoms with Gasteiger partial charge >= 0.3 is 0 Å². The number of benzene rings is 2. The van der Waals surface area contributed by atoms with E-state index in [4.69, 9.17) is 5.73 Å². The molecule has 0 fully saturated rings. The van der Waals surface area contributed by atoms with Gasteiger partial charge < -0.3 is 11.1 Å². The van der Waals surface area contributed by atoms with Crippen molar-refractivity contribution in [1.82, 2.24) is 5.32 Å². The molecule has 0 spiro atoms. The van der Waals surface area contributed by atoms with Crippen molar-refractivity contribution >= 4 is 27.5 Å². The van der Waals surface area contributed by atoms with Gasteiger partial charge in [-0.3, -0.25) is 4.79 Å². The Morgan fingerprint density at radius 2 is 1.90 bits per heavy atom. The first kappa shape index (κ1) is 15.5. The Bertz CT molecular complexity index is 629. The molecular weight excluding hydrogens is 335 g/mol. The van der Waals surface area contributed by atoms with Crippen LogP contribution in [-0.2, 0) is 17.8 Å². The maximum atomic E-state index is 13.1. The summed E-state index contributed by atoms with van der Waals surface area (Å²) < 4.78 is 13.9. The lowest BCUT2D eigenvalue weighted by Gasteiger charge is -2.07. The Morgan fingerprint density at radius 3 is 2.62 bits per heavy atom. The molecule has 2 aromatic carbocycles. The molecule has 3 N–H and O–H groups in total. The summed E-state index contributed by atoms with van der Waals surface area (Å²) in [4.78, 5) is 11.8. The Morgan fingerprint density at radius 1 is 1.19 bits per heavy atom. The van der Waals surface area contributed by atoms with Gasteiger partial charge in [0.05, 0.1) is 0 Å². The second kappa shape index (κ2) is 7.22. The van der Waals surface area contributed by atoms with Gasteiger partial charge in [0.1, 0.15) is 5.82 Å².